The van der Waals surface area contributed by atoms with Crippen molar-refractivity contribution in [2.24, 2.45) is 15.1 Å². The molecule has 180 valence electrons. The average molecular weight is 479 g/mol. The van der Waals surface area contributed by atoms with E-state index in [1.807, 2.05) is 49.6 Å². The number of sulfonamides is 1. The van der Waals surface area contributed by atoms with Gasteiger partial charge in [0.1, 0.15) is 23.7 Å². The van der Waals surface area contributed by atoms with E-state index in [0.717, 1.165) is 11.8 Å². The third kappa shape index (κ3) is 6.05. The SMILES string of the molecule is CCOCCN1N=C(C(=O)NS(C)(=O)=O)C2N=C(N(C)CC)N=C(Nc3cc(C)ccn3)C21. The third-order valence-corrected chi connectivity index (χ3v) is 5.61. The number of hydrazone groups is 1. The molecule has 0 spiro atoms. The standard InChI is InChI=1S/C20H30N8O4S/c1-6-27(4)20-23-15-16(19(29)26-33(5,30)31)25-28(10-11-32-7-2)17(15)18(24-20)22-14-12-13(3)8-9-21-14/h8-9,12,15,17H,6-7,10-11H2,1-5H3,(H,26,29)(H,21,22,23,24). The van der Waals surface area contributed by atoms with Crippen LogP contribution in [0.5, 0.6) is 0 Å². The van der Waals surface area contributed by atoms with Crippen LogP contribution in [0.3, 0.4) is 0 Å². The summed E-state index contributed by atoms with van der Waals surface area (Å²) in [5, 5.41) is 9.36. The van der Waals surface area contributed by atoms with Crippen LogP contribution in [0.15, 0.2) is 33.4 Å². The molecule has 2 atom stereocenters. The Morgan fingerprint density at radius 3 is 2.73 bits per heavy atom. The minimum Gasteiger partial charge on any atom is -0.380 e. The van der Waals surface area contributed by atoms with Crippen LogP contribution in [0.25, 0.3) is 0 Å². The molecule has 1 aromatic rings. The van der Waals surface area contributed by atoms with Crippen molar-refractivity contribution in [3.8, 4) is 0 Å². The van der Waals surface area contributed by atoms with Crippen LogP contribution >= 0.6 is 0 Å². The topological polar surface area (TPSA) is 141 Å². The van der Waals surface area contributed by atoms with Crippen LogP contribution in [0.1, 0.15) is 19.4 Å². The average Bonchev–Trinajstić information content (AvgIpc) is 3.11. The second-order valence-electron chi connectivity index (χ2n) is 7.72. The molecule has 0 saturated heterocycles. The summed E-state index contributed by atoms with van der Waals surface area (Å²) in [6, 6.07) is 2.45. The first kappa shape index (κ1) is 24.6. The largest absolute Gasteiger partial charge is 0.380 e. The van der Waals surface area contributed by atoms with Crippen molar-refractivity contribution in [1.29, 1.82) is 0 Å². The van der Waals surface area contributed by atoms with Crippen molar-refractivity contribution in [1.82, 2.24) is 19.6 Å². The number of fused-ring (bicyclic) bond motifs is 1. The molecule has 12 nitrogen and oxygen atoms in total. The molecule has 0 bridgehead atoms. The fraction of sp³-hybridized carbons (Fsp3) is 0.550. The zero-order valence-electron chi connectivity index (χ0n) is 19.4. The van der Waals surface area contributed by atoms with Gasteiger partial charge in [-0.2, -0.15) is 10.1 Å². The van der Waals surface area contributed by atoms with Crippen molar-refractivity contribution in [3.63, 3.8) is 0 Å². The van der Waals surface area contributed by atoms with Gasteiger partial charge in [0.25, 0.3) is 5.91 Å². The Hall–Kier alpha value is -3.06. The zero-order chi connectivity index (χ0) is 24.2. The van der Waals surface area contributed by atoms with E-state index in [0.29, 0.717) is 43.9 Å². The third-order valence-electron chi connectivity index (χ3n) is 5.06. The van der Waals surface area contributed by atoms with Gasteiger partial charge in [-0.05, 0) is 38.5 Å². The predicted molar refractivity (Wildman–Crippen MR) is 127 cm³/mol. The number of carbonyl (C=O) groups excluding carboxylic acids is 1. The van der Waals surface area contributed by atoms with Gasteiger partial charge in [0, 0.05) is 26.4 Å². The molecule has 3 heterocycles. The van der Waals surface area contributed by atoms with Crippen LogP contribution in [0.2, 0.25) is 0 Å². The Morgan fingerprint density at radius 1 is 1.33 bits per heavy atom. The minimum absolute atomic E-state index is 0.00433. The van der Waals surface area contributed by atoms with E-state index in [2.05, 4.69) is 20.4 Å². The summed E-state index contributed by atoms with van der Waals surface area (Å²) in [5.74, 6) is 0.682. The Morgan fingerprint density at radius 2 is 2.09 bits per heavy atom. The van der Waals surface area contributed by atoms with Crippen molar-refractivity contribution in [2.75, 3.05) is 44.9 Å². The maximum atomic E-state index is 12.8. The highest BCUT2D eigenvalue weighted by molar-refractivity contribution is 7.89. The molecule has 0 aliphatic carbocycles. The molecule has 2 N–H and O–H groups in total. The van der Waals surface area contributed by atoms with Crippen molar-refractivity contribution < 1.29 is 17.9 Å². The van der Waals surface area contributed by atoms with E-state index in [1.54, 1.807) is 11.2 Å². The number of carbonyl (C=O) groups is 1. The van der Waals surface area contributed by atoms with E-state index in [1.165, 1.54) is 0 Å². The van der Waals surface area contributed by atoms with Gasteiger partial charge < -0.3 is 15.0 Å². The Balaban J connectivity index is 2.02. The minimum atomic E-state index is -3.78. The molecule has 1 aromatic heterocycles. The molecule has 3 rings (SSSR count). The van der Waals surface area contributed by atoms with Crippen molar-refractivity contribution in [3.05, 3.63) is 23.9 Å². The number of nitrogens with zero attached hydrogens (tertiary/aromatic N) is 6. The molecule has 0 saturated carbocycles. The number of pyridine rings is 1. The number of amides is 1. The molecule has 2 aliphatic rings. The van der Waals surface area contributed by atoms with Gasteiger partial charge in [-0.1, -0.05) is 0 Å². The van der Waals surface area contributed by atoms with Crippen molar-refractivity contribution in [2.45, 2.75) is 32.9 Å². The normalized spacial score (nSPS) is 19.9. The van der Waals surface area contributed by atoms with Crippen LogP contribution in [0.4, 0.5) is 5.82 Å². The lowest BCUT2D eigenvalue weighted by molar-refractivity contribution is -0.113. The summed E-state index contributed by atoms with van der Waals surface area (Å²) in [6.45, 7) is 7.68. The number of anilines is 1. The number of amidine groups is 1. The van der Waals surface area contributed by atoms with Crippen LogP contribution in [-0.4, -0.2) is 98.4 Å². The van der Waals surface area contributed by atoms with E-state index >= 15 is 0 Å². The van der Waals surface area contributed by atoms with Crippen LogP contribution in [-0.2, 0) is 19.6 Å². The smallest absolute Gasteiger partial charge is 0.283 e. The molecule has 0 fully saturated rings. The highest BCUT2D eigenvalue weighted by Crippen LogP contribution is 2.25. The number of ether oxygens (including phenoxy) is 1. The fourth-order valence-electron chi connectivity index (χ4n) is 3.38. The van der Waals surface area contributed by atoms with E-state index in [-0.39, 0.29) is 5.71 Å². The maximum absolute atomic E-state index is 12.8. The molecule has 1 amide bonds. The first-order valence-corrected chi connectivity index (χ1v) is 12.5. The lowest BCUT2D eigenvalue weighted by Gasteiger charge is -2.32. The number of nitrogens with one attached hydrogen (secondary N) is 2. The summed E-state index contributed by atoms with van der Waals surface area (Å²) in [5.41, 5.74) is 1.01. The lowest BCUT2D eigenvalue weighted by atomic mass is 10.0. The number of aromatic nitrogens is 1. The summed E-state index contributed by atoms with van der Waals surface area (Å²) in [4.78, 5) is 28.4. The van der Waals surface area contributed by atoms with Crippen LogP contribution < -0.4 is 10.0 Å². The maximum Gasteiger partial charge on any atom is 0.283 e. The van der Waals surface area contributed by atoms with Crippen molar-refractivity contribution >= 4 is 39.3 Å². The Labute approximate surface area is 193 Å². The number of rotatable bonds is 8. The molecule has 13 heteroatoms. The van der Waals surface area contributed by atoms with Gasteiger partial charge in [-0.3, -0.25) is 9.80 Å². The zero-order valence-corrected chi connectivity index (χ0v) is 20.3. The Bertz CT molecular complexity index is 1090. The summed E-state index contributed by atoms with van der Waals surface area (Å²) < 4.78 is 30.9. The molecule has 0 radical (unpaired) electrons. The van der Waals surface area contributed by atoms with Gasteiger partial charge in [0.2, 0.25) is 16.0 Å². The van der Waals surface area contributed by atoms with Gasteiger partial charge in [0.15, 0.2) is 5.71 Å². The monoisotopic (exact) mass is 478 g/mol. The molecule has 33 heavy (non-hydrogen) atoms. The first-order valence-electron chi connectivity index (χ1n) is 10.6. The second-order valence-corrected chi connectivity index (χ2v) is 9.47. The summed E-state index contributed by atoms with van der Waals surface area (Å²) in [6.07, 6.45) is 2.61. The van der Waals surface area contributed by atoms with E-state index in [4.69, 9.17) is 9.73 Å². The van der Waals surface area contributed by atoms with E-state index in [9.17, 15) is 13.2 Å². The van der Waals surface area contributed by atoms with Gasteiger partial charge >= 0.3 is 0 Å². The highest BCUT2D eigenvalue weighted by atomic mass is 32.2. The number of guanidine groups is 1. The van der Waals surface area contributed by atoms with E-state index < -0.39 is 28.0 Å². The number of hydrogen-bond donors (Lipinski definition) is 2. The van der Waals surface area contributed by atoms with Gasteiger partial charge in [-0.15, -0.1) is 0 Å². The highest BCUT2D eigenvalue weighted by Gasteiger charge is 2.46. The quantitative estimate of drug-likeness (QED) is 0.499. The molecule has 2 aliphatic heterocycles. The molecular formula is C20H30N8O4S. The Kier molecular flexibility index (Phi) is 7.64. The van der Waals surface area contributed by atoms with Crippen LogP contribution in [0, 0.1) is 6.92 Å². The molecular weight excluding hydrogens is 448 g/mol. The number of hydrogen-bond acceptors (Lipinski definition) is 11. The number of aliphatic imine (C=N–C) groups is 2. The summed E-state index contributed by atoms with van der Waals surface area (Å²) >= 11 is 0. The molecule has 2 unspecified atom stereocenters. The lowest BCUT2D eigenvalue weighted by Crippen LogP contribution is -2.52. The predicted octanol–water partition coefficient (Wildman–Crippen LogP) is 0.0428. The number of aryl methyl sites for hydroxylation is 1. The summed E-state index contributed by atoms with van der Waals surface area (Å²) in [7, 11) is -1.94. The first-order chi connectivity index (χ1) is 15.6. The second kappa shape index (κ2) is 10.3. The van der Waals surface area contributed by atoms with Gasteiger partial charge in [0.05, 0.1) is 19.4 Å². The van der Waals surface area contributed by atoms with Gasteiger partial charge in [-0.25, -0.2) is 23.1 Å². The molecule has 0 aromatic carbocycles. The fourth-order valence-corrected chi connectivity index (χ4v) is 3.82.